The van der Waals surface area contributed by atoms with Crippen molar-refractivity contribution >= 4 is 29.3 Å². The molecule has 0 radical (unpaired) electrons. The number of hydrogen-bond donors (Lipinski definition) is 4. The Morgan fingerprint density at radius 2 is 1.90 bits per heavy atom. The second-order valence-corrected chi connectivity index (χ2v) is 8.93. The normalized spacial score (nSPS) is 22.0. The van der Waals surface area contributed by atoms with Gasteiger partial charge in [0.2, 0.25) is 5.91 Å². The first kappa shape index (κ1) is 22.7. The Labute approximate surface area is 182 Å². The van der Waals surface area contributed by atoms with Gasteiger partial charge in [-0.15, -0.1) is 12.4 Å². The molecule has 30 heavy (non-hydrogen) atoms. The summed E-state index contributed by atoms with van der Waals surface area (Å²) in [5, 5.41) is 13.7. The van der Waals surface area contributed by atoms with Crippen LogP contribution < -0.4 is 16.2 Å². The number of hydrogen-bond acceptors (Lipinski definition) is 5. The van der Waals surface area contributed by atoms with Crippen molar-refractivity contribution in [3.8, 4) is 0 Å². The van der Waals surface area contributed by atoms with Crippen molar-refractivity contribution < 1.29 is 4.79 Å². The Kier molecular flexibility index (Phi) is 7.52. The van der Waals surface area contributed by atoms with Crippen molar-refractivity contribution in [1.82, 2.24) is 30.8 Å². The first-order valence-corrected chi connectivity index (χ1v) is 11.0. The summed E-state index contributed by atoms with van der Waals surface area (Å²) in [7, 11) is 0. The quantitative estimate of drug-likeness (QED) is 0.532. The second-order valence-electron chi connectivity index (χ2n) is 8.93. The van der Waals surface area contributed by atoms with Crippen LogP contribution in [0.4, 0.5) is 0 Å². The van der Waals surface area contributed by atoms with Gasteiger partial charge in [-0.05, 0) is 37.5 Å². The van der Waals surface area contributed by atoms with E-state index in [1.54, 1.807) is 0 Å². The van der Waals surface area contributed by atoms with Crippen molar-refractivity contribution in [1.29, 1.82) is 0 Å². The summed E-state index contributed by atoms with van der Waals surface area (Å²) in [6.45, 7) is 4.50. The highest BCUT2D eigenvalue weighted by molar-refractivity contribution is 5.85. The molecule has 0 bridgehead atoms. The van der Waals surface area contributed by atoms with Crippen LogP contribution in [0.2, 0.25) is 0 Å². The zero-order valence-corrected chi connectivity index (χ0v) is 18.6. The molecule has 0 aromatic carbocycles. The van der Waals surface area contributed by atoms with Crippen LogP contribution in [-0.2, 0) is 11.2 Å². The number of carbonyl (C=O) groups is 1. The van der Waals surface area contributed by atoms with Crippen LogP contribution >= 0.6 is 12.4 Å². The number of fused-ring (bicyclic) bond motifs is 1. The van der Waals surface area contributed by atoms with Crippen LogP contribution in [0.25, 0.3) is 11.0 Å². The van der Waals surface area contributed by atoms with E-state index < -0.39 is 0 Å². The van der Waals surface area contributed by atoms with Crippen LogP contribution in [0.15, 0.2) is 4.79 Å². The van der Waals surface area contributed by atoms with Crippen LogP contribution in [0.1, 0.15) is 76.2 Å². The Bertz CT molecular complexity index is 920. The number of aromatic amines is 2. The highest BCUT2D eigenvalue weighted by Crippen LogP contribution is 2.27. The fourth-order valence-electron chi connectivity index (χ4n) is 4.47. The van der Waals surface area contributed by atoms with Crippen molar-refractivity contribution in [2.24, 2.45) is 5.92 Å². The predicted octanol–water partition coefficient (Wildman–Crippen LogP) is 2.55. The molecule has 2 aromatic heterocycles. The van der Waals surface area contributed by atoms with Crippen LogP contribution in [0.3, 0.4) is 0 Å². The van der Waals surface area contributed by atoms with Gasteiger partial charge in [-0.2, -0.15) is 5.10 Å². The first-order chi connectivity index (χ1) is 14.0. The van der Waals surface area contributed by atoms with Gasteiger partial charge in [-0.1, -0.05) is 33.1 Å². The minimum absolute atomic E-state index is 0. The monoisotopic (exact) mass is 436 g/mol. The summed E-state index contributed by atoms with van der Waals surface area (Å²) >= 11 is 0. The van der Waals surface area contributed by atoms with Crippen LogP contribution in [0.5, 0.6) is 0 Å². The average molecular weight is 437 g/mol. The molecule has 2 heterocycles. The van der Waals surface area contributed by atoms with E-state index in [2.05, 4.69) is 39.7 Å². The molecule has 0 aliphatic heterocycles. The van der Waals surface area contributed by atoms with Gasteiger partial charge in [0.15, 0.2) is 5.52 Å². The van der Waals surface area contributed by atoms with Gasteiger partial charge in [0, 0.05) is 18.5 Å². The maximum atomic E-state index is 12.5. The van der Waals surface area contributed by atoms with Crippen LogP contribution in [0, 0.1) is 5.92 Å². The topological polar surface area (TPSA) is 116 Å². The molecule has 4 rings (SSSR count). The Morgan fingerprint density at radius 1 is 1.13 bits per heavy atom. The van der Waals surface area contributed by atoms with E-state index in [1.807, 2.05) is 0 Å². The number of nitrogens with zero attached hydrogens (tertiary/aromatic N) is 2. The molecule has 0 spiro atoms. The molecule has 2 saturated carbocycles. The average Bonchev–Trinajstić information content (AvgIpc) is 3.07. The fourth-order valence-corrected chi connectivity index (χ4v) is 4.47. The lowest BCUT2D eigenvalue weighted by atomic mass is 9.82. The molecular weight excluding hydrogens is 404 g/mol. The number of nitrogens with one attached hydrogen (secondary N) is 4. The fraction of sp³-hybridized carbons (Fsp3) is 0.714. The van der Waals surface area contributed by atoms with Gasteiger partial charge in [0.05, 0.1) is 12.2 Å². The third-order valence-electron chi connectivity index (χ3n) is 6.43. The highest BCUT2D eigenvalue weighted by Gasteiger charge is 2.28. The minimum Gasteiger partial charge on any atom is -0.352 e. The summed E-state index contributed by atoms with van der Waals surface area (Å²) in [5.74, 6) is 1.26. The van der Waals surface area contributed by atoms with Gasteiger partial charge in [-0.25, -0.2) is 4.98 Å². The summed E-state index contributed by atoms with van der Waals surface area (Å²) in [4.78, 5) is 32.5. The maximum Gasteiger partial charge on any atom is 0.279 e. The molecule has 2 fully saturated rings. The highest BCUT2D eigenvalue weighted by atomic mass is 35.5. The van der Waals surface area contributed by atoms with E-state index in [4.69, 9.17) is 4.98 Å². The zero-order valence-electron chi connectivity index (χ0n) is 17.8. The molecule has 2 aliphatic carbocycles. The van der Waals surface area contributed by atoms with Gasteiger partial charge in [0.25, 0.3) is 5.56 Å². The molecule has 166 valence electrons. The molecule has 2 atom stereocenters. The SMILES string of the molecule is CC(C)c1[nH]nc2c(=O)[nH]c(C[C@@H]3CCCC[C@H]3NC(=O)CNC3CCC3)nc12.Cl. The van der Waals surface area contributed by atoms with E-state index in [9.17, 15) is 9.59 Å². The molecule has 2 aromatic rings. The Hall–Kier alpha value is -1.93. The van der Waals surface area contributed by atoms with Gasteiger partial charge in [-0.3, -0.25) is 14.7 Å². The summed E-state index contributed by atoms with van der Waals surface area (Å²) < 4.78 is 0. The summed E-state index contributed by atoms with van der Waals surface area (Å²) in [5.41, 5.74) is 1.73. The molecule has 9 heteroatoms. The van der Waals surface area contributed by atoms with E-state index in [0.29, 0.717) is 35.9 Å². The van der Waals surface area contributed by atoms with Gasteiger partial charge < -0.3 is 15.6 Å². The van der Waals surface area contributed by atoms with Gasteiger partial charge >= 0.3 is 0 Å². The molecule has 2 aliphatic rings. The third-order valence-corrected chi connectivity index (χ3v) is 6.43. The molecule has 8 nitrogen and oxygen atoms in total. The molecular formula is C21H33ClN6O2. The number of aromatic nitrogens is 4. The van der Waals surface area contributed by atoms with Crippen molar-refractivity contribution in [3.63, 3.8) is 0 Å². The lowest BCUT2D eigenvalue weighted by molar-refractivity contribution is -0.121. The molecule has 1 amide bonds. The lowest BCUT2D eigenvalue weighted by Crippen LogP contribution is -2.48. The molecule has 0 saturated heterocycles. The Balaban J connectivity index is 0.00000256. The van der Waals surface area contributed by atoms with E-state index in [1.165, 1.54) is 19.3 Å². The smallest absolute Gasteiger partial charge is 0.279 e. The van der Waals surface area contributed by atoms with Crippen LogP contribution in [-0.4, -0.2) is 44.7 Å². The minimum atomic E-state index is -0.200. The third kappa shape index (κ3) is 5.03. The number of rotatable bonds is 7. The number of amides is 1. The Morgan fingerprint density at radius 3 is 2.60 bits per heavy atom. The second kappa shape index (κ2) is 9.92. The van der Waals surface area contributed by atoms with E-state index >= 15 is 0 Å². The summed E-state index contributed by atoms with van der Waals surface area (Å²) in [6.07, 6.45) is 8.55. The van der Waals surface area contributed by atoms with E-state index in [0.717, 1.165) is 31.4 Å². The largest absolute Gasteiger partial charge is 0.352 e. The number of H-pyrrole nitrogens is 2. The summed E-state index contributed by atoms with van der Waals surface area (Å²) in [6, 6.07) is 0.642. The van der Waals surface area contributed by atoms with Crippen molar-refractivity contribution in [2.45, 2.75) is 83.2 Å². The number of halogens is 1. The van der Waals surface area contributed by atoms with E-state index in [-0.39, 0.29) is 41.8 Å². The maximum absolute atomic E-state index is 12.5. The predicted molar refractivity (Wildman–Crippen MR) is 119 cm³/mol. The van der Waals surface area contributed by atoms with Crippen molar-refractivity contribution in [2.75, 3.05) is 6.54 Å². The first-order valence-electron chi connectivity index (χ1n) is 11.0. The number of carbonyl (C=O) groups excluding carboxylic acids is 1. The standard InChI is InChI=1S/C21H32N6O2.ClH/c1-12(2)18-19-20(27-26-18)21(29)25-16(24-19)10-13-6-3-4-9-15(13)23-17(28)11-22-14-7-5-8-14;/h12-15,22H,3-11H2,1-2H3,(H,23,28)(H,26,27)(H,24,25,29);1H/t13-,15+;/m0./s1. The zero-order chi connectivity index (χ0) is 20.4. The molecule has 4 N–H and O–H groups in total. The lowest BCUT2D eigenvalue weighted by Gasteiger charge is -2.32. The van der Waals surface area contributed by atoms with Crippen molar-refractivity contribution in [3.05, 3.63) is 21.9 Å². The molecule has 0 unspecified atom stereocenters. The van der Waals surface area contributed by atoms with Gasteiger partial charge in [0.1, 0.15) is 11.3 Å².